The molecule has 0 unspecified atom stereocenters. The highest BCUT2D eigenvalue weighted by Crippen LogP contribution is 2.27. The number of aliphatic hydroxyl groups excluding tert-OH is 1. The number of nitro benzene ring substituents is 1. The Balaban J connectivity index is 2.65. The van der Waals surface area contributed by atoms with Crippen molar-refractivity contribution in [1.82, 2.24) is 0 Å². The van der Waals surface area contributed by atoms with E-state index >= 15 is 0 Å². The summed E-state index contributed by atoms with van der Waals surface area (Å²) in [5.74, 6) is -0.856. The van der Waals surface area contributed by atoms with Crippen molar-refractivity contribution in [3.8, 4) is 5.75 Å². The third kappa shape index (κ3) is 4.27. The molecule has 1 N–H and O–H groups in total. The molecule has 0 aliphatic carbocycles. The second kappa shape index (κ2) is 6.87. The zero-order valence-corrected chi connectivity index (χ0v) is 9.84. The SMILES string of the molecule is CCOC[C@H](O)COc1cc(F)ccc1[N+](=O)[O-]. The van der Waals surface area contributed by atoms with Gasteiger partial charge in [0, 0.05) is 18.7 Å². The number of halogens is 1. The van der Waals surface area contributed by atoms with Crippen LogP contribution >= 0.6 is 0 Å². The predicted molar refractivity (Wildman–Crippen MR) is 61.0 cm³/mol. The molecule has 0 aliphatic rings. The average Bonchev–Trinajstić information content (AvgIpc) is 2.33. The number of ether oxygens (including phenoxy) is 2. The second-order valence-electron chi connectivity index (χ2n) is 3.49. The van der Waals surface area contributed by atoms with E-state index < -0.39 is 16.8 Å². The van der Waals surface area contributed by atoms with Crippen LogP contribution in [0.4, 0.5) is 10.1 Å². The molecule has 0 aliphatic heterocycles. The van der Waals surface area contributed by atoms with Crippen molar-refractivity contribution in [2.75, 3.05) is 19.8 Å². The molecule has 1 aromatic rings. The van der Waals surface area contributed by atoms with Gasteiger partial charge in [-0.15, -0.1) is 0 Å². The van der Waals surface area contributed by atoms with Gasteiger partial charge >= 0.3 is 5.69 Å². The van der Waals surface area contributed by atoms with Gasteiger partial charge in [-0.3, -0.25) is 10.1 Å². The minimum Gasteiger partial charge on any atom is -0.484 e. The first-order chi connectivity index (χ1) is 8.54. The first-order valence-corrected chi connectivity index (χ1v) is 5.37. The van der Waals surface area contributed by atoms with Crippen LogP contribution in [0.5, 0.6) is 5.75 Å². The van der Waals surface area contributed by atoms with Crippen LogP contribution in [0.2, 0.25) is 0 Å². The summed E-state index contributed by atoms with van der Waals surface area (Å²) in [6.45, 7) is 2.06. The average molecular weight is 259 g/mol. The van der Waals surface area contributed by atoms with Crippen LogP contribution in [0.3, 0.4) is 0 Å². The molecule has 7 heteroatoms. The van der Waals surface area contributed by atoms with Gasteiger partial charge in [0.1, 0.15) is 18.5 Å². The molecular formula is C11H14FNO5. The van der Waals surface area contributed by atoms with Crippen LogP contribution in [-0.2, 0) is 4.74 Å². The van der Waals surface area contributed by atoms with Crippen molar-refractivity contribution >= 4 is 5.69 Å². The number of nitrogens with zero attached hydrogens (tertiary/aromatic N) is 1. The zero-order valence-electron chi connectivity index (χ0n) is 9.84. The Morgan fingerprint density at radius 3 is 2.83 bits per heavy atom. The predicted octanol–water partition coefficient (Wildman–Crippen LogP) is 1.51. The monoisotopic (exact) mass is 259 g/mol. The molecule has 6 nitrogen and oxygen atoms in total. The lowest BCUT2D eigenvalue weighted by atomic mass is 10.3. The topological polar surface area (TPSA) is 81.8 Å². The highest BCUT2D eigenvalue weighted by Gasteiger charge is 2.17. The van der Waals surface area contributed by atoms with Crippen molar-refractivity contribution in [2.45, 2.75) is 13.0 Å². The summed E-state index contributed by atoms with van der Waals surface area (Å²) in [5, 5.41) is 20.1. The van der Waals surface area contributed by atoms with E-state index in [9.17, 15) is 19.6 Å². The molecule has 0 heterocycles. The fourth-order valence-electron chi connectivity index (χ4n) is 1.24. The van der Waals surface area contributed by atoms with Gasteiger partial charge in [0.25, 0.3) is 0 Å². The maximum atomic E-state index is 12.9. The highest BCUT2D eigenvalue weighted by molar-refractivity contribution is 5.46. The summed E-state index contributed by atoms with van der Waals surface area (Å²) >= 11 is 0. The van der Waals surface area contributed by atoms with Crippen LogP contribution in [0.15, 0.2) is 18.2 Å². The van der Waals surface area contributed by atoms with E-state index in [4.69, 9.17) is 9.47 Å². The summed E-state index contributed by atoms with van der Waals surface area (Å²) in [4.78, 5) is 9.99. The van der Waals surface area contributed by atoms with Gasteiger partial charge in [-0.1, -0.05) is 0 Å². The molecular weight excluding hydrogens is 245 g/mol. The van der Waals surface area contributed by atoms with Gasteiger partial charge in [-0.25, -0.2) is 4.39 Å². The standard InChI is InChI=1S/C11H14FNO5/c1-2-17-6-9(14)7-18-11-5-8(12)3-4-10(11)13(15)16/h3-5,9,14H,2,6-7H2,1H3/t9-/m0/s1. The number of hydrogen-bond acceptors (Lipinski definition) is 5. The first kappa shape index (κ1) is 14.3. The fourth-order valence-corrected chi connectivity index (χ4v) is 1.24. The van der Waals surface area contributed by atoms with E-state index in [0.29, 0.717) is 6.61 Å². The molecule has 0 saturated carbocycles. The van der Waals surface area contributed by atoms with Gasteiger partial charge < -0.3 is 14.6 Å². The Labute approximate surface area is 103 Å². The molecule has 1 aromatic carbocycles. The Hall–Kier alpha value is -1.73. The van der Waals surface area contributed by atoms with Crippen molar-refractivity contribution in [2.24, 2.45) is 0 Å². The number of rotatable bonds is 7. The molecule has 0 bridgehead atoms. The number of aliphatic hydroxyl groups is 1. The van der Waals surface area contributed by atoms with Crippen molar-refractivity contribution in [1.29, 1.82) is 0 Å². The van der Waals surface area contributed by atoms with E-state index in [-0.39, 0.29) is 24.7 Å². The van der Waals surface area contributed by atoms with Gasteiger partial charge in [0.15, 0.2) is 5.75 Å². The molecule has 0 fully saturated rings. The molecule has 0 spiro atoms. The van der Waals surface area contributed by atoms with E-state index in [1.54, 1.807) is 6.92 Å². The molecule has 1 rings (SSSR count). The maximum absolute atomic E-state index is 12.9. The smallest absolute Gasteiger partial charge is 0.311 e. The summed E-state index contributed by atoms with van der Waals surface area (Å²) < 4.78 is 22.9. The largest absolute Gasteiger partial charge is 0.484 e. The van der Waals surface area contributed by atoms with Crippen molar-refractivity contribution < 1.29 is 23.9 Å². The van der Waals surface area contributed by atoms with E-state index in [2.05, 4.69) is 0 Å². The number of nitro groups is 1. The lowest BCUT2D eigenvalue weighted by Crippen LogP contribution is -2.23. The van der Waals surface area contributed by atoms with Crippen LogP contribution in [0.1, 0.15) is 6.92 Å². The highest BCUT2D eigenvalue weighted by atomic mass is 19.1. The fraction of sp³-hybridized carbons (Fsp3) is 0.455. The number of benzene rings is 1. The Bertz CT molecular complexity index is 412. The lowest BCUT2D eigenvalue weighted by molar-refractivity contribution is -0.386. The quantitative estimate of drug-likeness (QED) is 0.593. The Morgan fingerprint density at radius 1 is 1.50 bits per heavy atom. The van der Waals surface area contributed by atoms with Gasteiger partial charge in [-0.2, -0.15) is 0 Å². The summed E-state index contributed by atoms with van der Waals surface area (Å²) in [6.07, 6.45) is -0.923. The second-order valence-corrected chi connectivity index (χ2v) is 3.49. The van der Waals surface area contributed by atoms with Crippen LogP contribution < -0.4 is 4.74 Å². The summed E-state index contributed by atoms with van der Waals surface area (Å²) in [5.41, 5.74) is -0.347. The molecule has 1 atom stereocenters. The third-order valence-electron chi connectivity index (χ3n) is 2.06. The van der Waals surface area contributed by atoms with E-state index in [1.165, 1.54) is 0 Å². The molecule has 0 radical (unpaired) electrons. The van der Waals surface area contributed by atoms with Gasteiger partial charge in [-0.05, 0) is 13.0 Å². The molecule has 0 saturated heterocycles. The molecule has 0 amide bonds. The van der Waals surface area contributed by atoms with Crippen LogP contribution in [-0.4, -0.2) is 36.0 Å². The van der Waals surface area contributed by atoms with E-state index in [0.717, 1.165) is 18.2 Å². The Morgan fingerprint density at radius 2 is 2.22 bits per heavy atom. The first-order valence-electron chi connectivity index (χ1n) is 5.37. The van der Waals surface area contributed by atoms with Gasteiger partial charge in [0.2, 0.25) is 0 Å². The molecule has 0 aromatic heterocycles. The summed E-state index contributed by atoms with van der Waals surface area (Å²) in [7, 11) is 0. The molecule has 100 valence electrons. The van der Waals surface area contributed by atoms with Crippen LogP contribution in [0.25, 0.3) is 0 Å². The normalized spacial score (nSPS) is 12.2. The minimum absolute atomic E-state index is 0.0552. The van der Waals surface area contributed by atoms with Crippen LogP contribution in [0, 0.1) is 15.9 Å². The van der Waals surface area contributed by atoms with Crippen molar-refractivity contribution in [3.05, 3.63) is 34.1 Å². The molecule has 18 heavy (non-hydrogen) atoms. The maximum Gasteiger partial charge on any atom is 0.311 e. The Kier molecular flexibility index (Phi) is 5.47. The summed E-state index contributed by atoms with van der Waals surface area (Å²) in [6, 6.07) is 2.90. The number of hydrogen-bond donors (Lipinski definition) is 1. The van der Waals surface area contributed by atoms with Gasteiger partial charge in [0.05, 0.1) is 11.5 Å². The van der Waals surface area contributed by atoms with E-state index in [1.807, 2.05) is 0 Å². The third-order valence-corrected chi connectivity index (χ3v) is 2.06. The lowest BCUT2D eigenvalue weighted by Gasteiger charge is -2.12. The van der Waals surface area contributed by atoms with Crippen molar-refractivity contribution in [3.63, 3.8) is 0 Å². The minimum atomic E-state index is -0.923. The zero-order chi connectivity index (χ0) is 13.5.